The maximum atomic E-state index is 12.6. The van der Waals surface area contributed by atoms with Crippen LogP contribution < -0.4 is 0 Å². The molecule has 4 nitrogen and oxygen atoms in total. The molecular formula is C14H16Cl3N3O. The molecule has 0 aliphatic carbocycles. The first-order chi connectivity index (χ1) is 8.86. The number of rotatable bonds is 0. The highest BCUT2D eigenvalue weighted by Crippen LogP contribution is 2.37. The van der Waals surface area contributed by atoms with Crippen molar-refractivity contribution in [2.75, 3.05) is 6.54 Å². The molecule has 0 bridgehead atoms. The van der Waals surface area contributed by atoms with Gasteiger partial charge in [-0.3, -0.25) is 4.79 Å². The van der Waals surface area contributed by atoms with Gasteiger partial charge in [-0.05, 0) is 25.0 Å². The molecule has 1 unspecified atom stereocenters. The summed E-state index contributed by atoms with van der Waals surface area (Å²) in [6.45, 7) is 0.850. The van der Waals surface area contributed by atoms with Gasteiger partial charge in [-0.25, -0.2) is 4.98 Å². The summed E-state index contributed by atoms with van der Waals surface area (Å²) >= 11 is 0. The van der Waals surface area contributed by atoms with E-state index in [4.69, 9.17) is 0 Å². The summed E-state index contributed by atoms with van der Waals surface area (Å²) in [6.07, 6.45) is 5.80. The van der Waals surface area contributed by atoms with Crippen LogP contribution >= 0.6 is 37.2 Å². The van der Waals surface area contributed by atoms with Crippen LogP contribution in [0.25, 0.3) is 5.69 Å². The fourth-order valence-electron chi connectivity index (χ4n) is 3.09. The van der Waals surface area contributed by atoms with Crippen molar-refractivity contribution in [2.45, 2.75) is 18.9 Å². The Balaban J connectivity index is 0.000000735. The molecular weight excluding hydrogens is 333 g/mol. The first-order valence-corrected chi connectivity index (χ1v) is 6.29. The quantitative estimate of drug-likeness (QED) is 0.731. The summed E-state index contributed by atoms with van der Waals surface area (Å²) in [5, 5.41) is 0. The van der Waals surface area contributed by atoms with Crippen molar-refractivity contribution in [1.82, 2.24) is 14.5 Å². The minimum atomic E-state index is 0. The van der Waals surface area contributed by atoms with Crippen molar-refractivity contribution in [3.05, 3.63) is 48.0 Å². The van der Waals surface area contributed by atoms with Gasteiger partial charge in [0.05, 0.1) is 35.5 Å². The number of carbonyl (C=O) groups excluding carboxylic acids is 1. The average molecular weight is 349 g/mol. The van der Waals surface area contributed by atoms with Crippen LogP contribution in [-0.2, 0) is 0 Å². The van der Waals surface area contributed by atoms with Crippen molar-refractivity contribution in [1.29, 1.82) is 0 Å². The fourth-order valence-corrected chi connectivity index (χ4v) is 3.09. The summed E-state index contributed by atoms with van der Waals surface area (Å²) in [6, 6.07) is 7.96. The number of hydrogen-bond acceptors (Lipinski definition) is 2. The van der Waals surface area contributed by atoms with Crippen LogP contribution in [0.1, 0.15) is 34.9 Å². The number of halogens is 3. The third kappa shape index (κ3) is 2.52. The van der Waals surface area contributed by atoms with E-state index < -0.39 is 0 Å². The number of aromatic nitrogens is 2. The number of fused-ring (bicyclic) bond motifs is 5. The lowest BCUT2D eigenvalue weighted by atomic mass is 10.1. The topological polar surface area (TPSA) is 38.1 Å². The highest BCUT2D eigenvalue weighted by molar-refractivity contribution is 5.98. The molecule has 0 radical (unpaired) electrons. The first kappa shape index (κ1) is 17.8. The number of nitrogens with zero attached hydrogens (tertiary/aromatic N) is 3. The Morgan fingerprint density at radius 1 is 1.14 bits per heavy atom. The van der Waals surface area contributed by atoms with Gasteiger partial charge < -0.3 is 9.47 Å². The minimum absolute atomic E-state index is 0. The molecule has 7 heteroatoms. The van der Waals surface area contributed by atoms with Crippen molar-refractivity contribution in [3.63, 3.8) is 0 Å². The zero-order valence-corrected chi connectivity index (χ0v) is 13.6. The molecule has 0 spiro atoms. The van der Waals surface area contributed by atoms with Crippen molar-refractivity contribution in [3.8, 4) is 5.69 Å². The number of carbonyl (C=O) groups is 1. The van der Waals surface area contributed by atoms with Crippen molar-refractivity contribution >= 4 is 43.1 Å². The second-order valence-electron chi connectivity index (χ2n) is 4.86. The Kier molecular flexibility index (Phi) is 5.68. The van der Waals surface area contributed by atoms with Crippen LogP contribution in [0.2, 0.25) is 0 Å². The Morgan fingerprint density at radius 2 is 1.90 bits per heavy atom. The van der Waals surface area contributed by atoms with Crippen molar-refractivity contribution in [2.24, 2.45) is 0 Å². The van der Waals surface area contributed by atoms with Gasteiger partial charge in [0.2, 0.25) is 0 Å². The number of hydrogen-bond donors (Lipinski definition) is 0. The predicted molar refractivity (Wildman–Crippen MR) is 88.3 cm³/mol. The maximum absolute atomic E-state index is 12.6. The fraction of sp³-hybridized carbons (Fsp3) is 0.286. The standard InChI is InChI=1S/C14H13N3O.3ClH/c18-14-10-4-1-2-5-11(10)17-9-15-8-13(17)12-6-3-7-16(12)14;;;/h1-2,4-5,8-9,12H,3,6-7H2;3*1H. The summed E-state index contributed by atoms with van der Waals surface area (Å²) in [7, 11) is 0. The van der Waals surface area contributed by atoms with Crippen LogP contribution in [0.4, 0.5) is 0 Å². The molecule has 1 saturated heterocycles. The molecule has 1 fully saturated rings. The smallest absolute Gasteiger partial charge is 0.256 e. The molecule has 4 rings (SSSR count). The molecule has 1 atom stereocenters. The first-order valence-electron chi connectivity index (χ1n) is 6.29. The molecule has 2 aliphatic heterocycles. The average Bonchev–Trinajstić information content (AvgIpc) is 3.04. The van der Waals surface area contributed by atoms with Crippen LogP contribution in [0.3, 0.4) is 0 Å². The van der Waals surface area contributed by atoms with E-state index in [0.717, 1.165) is 36.3 Å². The molecule has 1 aromatic heterocycles. The molecule has 3 heterocycles. The van der Waals surface area contributed by atoms with E-state index in [9.17, 15) is 4.79 Å². The van der Waals surface area contributed by atoms with Gasteiger partial charge in [-0.2, -0.15) is 0 Å². The minimum Gasteiger partial charge on any atom is -0.330 e. The third-order valence-corrected chi connectivity index (χ3v) is 3.92. The Hall–Kier alpha value is -1.23. The van der Waals surface area contributed by atoms with Crippen LogP contribution in [0, 0.1) is 0 Å². The molecule has 2 aliphatic rings. The summed E-state index contributed by atoms with van der Waals surface area (Å²) < 4.78 is 2.06. The predicted octanol–water partition coefficient (Wildman–Crippen LogP) is 3.43. The maximum Gasteiger partial charge on any atom is 0.256 e. The molecule has 0 saturated carbocycles. The van der Waals surface area contributed by atoms with Crippen LogP contribution in [0.15, 0.2) is 36.8 Å². The van der Waals surface area contributed by atoms with Gasteiger partial charge in [-0.1, -0.05) is 12.1 Å². The second-order valence-corrected chi connectivity index (χ2v) is 4.86. The summed E-state index contributed by atoms with van der Waals surface area (Å²) in [5.74, 6) is 0.150. The Morgan fingerprint density at radius 3 is 2.71 bits per heavy atom. The van der Waals surface area contributed by atoms with Gasteiger partial charge in [-0.15, -0.1) is 37.2 Å². The largest absolute Gasteiger partial charge is 0.330 e. The van der Waals surface area contributed by atoms with Gasteiger partial charge in [0.15, 0.2) is 0 Å². The molecule has 1 amide bonds. The van der Waals surface area contributed by atoms with Gasteiger partial charge in [0.25, 0.3) is 5.91 Å². The monoisotopic (exact) mass is 347 g/mol. The molecule has 21 heavy (non-hydrogen) atoms. The van der Waals surface area contributed by atoms with Crippen molar-refractivity contribution < 1.29 is 4.79 Å². The lowest BCUT2D eigenvalue weighted by Gasteiger charge is -2.21. The molecule has 0 N–H and O–H groups in total. The number of amides is 1. The zero-order chi connectivity index (χ0) is 12.1. The van der Waals surface area contributed by atoms with Crippen LogP contribution in [-0.4, -0.2) is 26.9 Å². The second kappa shape index (κ2) is 6.69. The highest BCUT2D eigenvalue weighted by Gasteiger charge is 2.36. The third-order valence-electron chi connectivity index (χ3n) is 3.92. The SMILES string of the molecule is Cl.Cl.Cl.O=C1c2ccccc2-n2cncc2C2CCCN12. The molecule has 1 aromatic carbocycles. The van der Waals surface area contributed by atoms with E-state index in [-0.39, 0.29) is 49.2 Å². The Labute approximate surface area is 141 Å². The Bertz CT molecular complexity index is 644. The van der Waals surface area contributed by atoms with E-state index in [1.54, 1.807) is 0 Å². The van der Waals surface area contributed by atoms with Gasteiger partial charge in [0.1, 0.15) is 0 Å². The molecule has 2 aromatic rings. The number of imidazole rings is 1. The van der Waals surface area contributed by atoms with E-state index in [2.05, 4.69) is 9.55 Å². The lowest BCUT2D eigenvalue weighted by molar-refractivity contribution is 0.0738. The van der Waals surface area contributed by atoms with Crippen LogP contribution in [0.5, 0.6) is 0 Å². The highest BCUT2D eigenvalue weighted by atomic mass is 35.5. The normalized spacial score (nSPS) is 18.2. The van der Waals surface area contributed by atoms with Gasteiger partial charge in [0, 0.05) is 6.54 Å². The molecule has 114 valence electrons. The summed E-state index contributed by atoms with van der Waals surface area (Å²) in [5.41, 5.74) is 2.86. The number of para-hydroxylation sites is 1. The van der Waals surface area contributed by atoms with E-state index >= 15 is 0 Å². The zero-order valence-electron chi connectivity index (χ0n) is 11.1. The van der Waals surface area contributed by atoms with E-state index in [0.29, 0.717) is 0 Å². The van der Waals surface area contributed by atoms with Gasteiger partial charge >= 0.3 is 0 Å². The number of benzene rings is 1. The van der Waals surface area contributed by atoms with E-state index in [1.165, 1.54) is 0 Å². The van der Waals surface area contributed by atoms with E-state index in [1.807, 2.05) is 41.7 Å². The lowest BCUT2D eigenvalue weighted by Crippen LogP contribution is -2.29. The summed E-state index contributed by atoms with van der Waals surface area (Å²) in [4.78, 5) is 18.8.